The summed E-state index contributed by atoms with van der Waals surface area (Å²) in [6.07, 6.45) is 3.97. The number of nitrogens with zero attached hydrogens (tertiary/aromatic N) is 1. The Labute approximate surface area is 73.4 Å². The van der Waals surface area contributed by atoms with E-state index in [9.17, 15) is 4.79 Å². The van der Waals surface area contributed by atoms with E-state index in [1.807, 2.05) is 0 Å². The van der Waals surface area contributed by atoms with Crippen LogP contribution in [0, 0.1) is 0 Å². The third-order valence-corrected chi connectivity index (χ3v) is 2.09. The summed E-state index contributed by atoms with van der Waals surface area (Å²) in [5, 5.41) is 1.22. The lowest BCUT2D eigenvalue weighted by molar-refractivity contribution is 0.112. The molecule has 0 unspecified atom stereocenters. The van der Waals surface area contributed by atoms with Gasteiger partial charge >= 0.3 is 0 Å². The fraction of sp³-hybridized carbons (Fsp3) is 0. The van der Waals surface area contributed by atoms with E-state index in [0.717, 1.165) is 10.9 Å². The minimum atomic E-state index is 0.402. The van der Waals surface area contributed by atoms with E-state index in [0.29, 0.717) is 17.0 Å². The van der Waals surface area contributed by atoms with Gasteiger partial charge in [-0.25, -0.2) is 0 Å². The summed E-state index contributed by atoms with van der Waals surface area (Å²) in [4.78, 5) is 17.2. The second kappa shape index (κ2) is 2.60. The first-order valence-corrected chi connectivity index (χ1v) is 3.77. The SMILES string of the molecule is O=Cc1[nH]c2ccncc2c1Cl. The first-order chi connectivity index (χ1) is 5.83. The van der Waals surface area contributed by atoms with Gasteiger partial charge < -0.3 is 4.98 Å². The Morgan fingerprint density at radius 3 is 3.08 bits per heavy atom. The number of aromatic nitrogens is 2. The molecule has 2 aromatic heterocycles. The lowest BCUT2D eigenvalue weighted by Gasteiger charge is -1.85. The summed E-state index contributed by atoms with van der Waals surface area (Å²) in [7, 11) is 0. The van der Waals surface area contributed by atoms with Crippen molar-refractivity contribution in [3.8, 4) is 0 Å². The molecule has 0 atom stereocenters. The number of halogens is 1. The largest absolute Gasteiger partial charge is 0.351 e. The van der Waals surface area contributed by atoms with Crippen molar-refractivity contribution in [1.29, 1.82) is 0 Å². The van der Waals surface area contributed by atoms with Gasteiger partial charge in [0, 0.05) is 17.8 Å². The van der Waals surface area contributed by atoms with Gasteiger partial charge in [-0.05, 0) is 6.07 Å². The minimum Gasteiger partial charge on any atom is -0.351 e. The summed E-state index contributed by atoms with van der Waals surface area (Å²) in [6.45, 7) is 0. The molecule has 1 N–H and O–H groups in total. The van der Waals surface area contributed by atoms with E-state index in [4.69, 9.17) is 11.6 Å². The Hall–Kier alpha value is -1.35. The highest BCUT2D eigenvalue weighted by molar-refractivity contribution is 6.37. The Morgan fingerprint density at radius 1 is 1.58 bits per heavy atom. The average molecular weight is 181 g/mol. The number of aromatic amines is 1. The predicted octanol–water partition coefficient (Wildman–Crippen LogP) is 2.03. The number of carbonyl (C=O) groups excluding carboxylic acids is 1. The molecule has 0 fully saturated rings. The molecule has 0 saturated heterocycles. The first-order valence-electron chi connectivity index (χ1n) is 3.39. The zero-order valence-corrected chi connectivity index (χ0v) is 6.80. The number of pyridine rings is 1. The number of hydrogen-bond acceptors (Lipinski definition) is 2. The van der Waals surface area contributed by atoms with Crippen LogP contribution in [0.4, 0.5) is 0 Å². The van der Waals surface area contributed by atoms with Gasteiger partial charge in [-0.2, -0.15) is 0 Å². The molecule has 0 aliphatic rings. The zero-order valence-electron chi connectivity index (χ0n) is 6.04. The van der Waals surface area contributed by atoms with Crippen LogP contribution in [0.5, 0.6) is 0 Å². The molecule has 0 aliphatic carbocycles. The monoisotopic (exact) mass is 180 g/mol. The van der Waals surface area contributed by atoms with Gasteiger partial charge in [-0.15, -0.1) is 0 Å². The number of carbonyl (C=O) groups is 1. The Balaban J connectivity index is 2.87. The molecule has 0 aliphatic heterocycles. The summed E-state index contributed by atoms with van der Waals surface area (Å²) < 4.78 is 0. The molecule has 0 spiro atoms. The summed E-state index contributed by atoms with van der Waals surface area (Å²) >= 11 is 5.85. The van der Waals surface area contributed by atoms with Crippen LogP contribution < -0.4 is 0 Å². The van der Waals surface area contributed by atoms with Crippen molar-refractivity contribution < 1.29 is 4.79 Å². The molecule has 2 rings (SSSR count). The van der Waals surface area contributed by atoms with Gasteiger partial charge in [0.05, 0.1) is 16.2 Å². The van der Waals surface area contributed by atoms with Crippen LogP contribution in [0.3, 0.4) is 0 Å². The normalized spacial score (nSPS) is 10.4. The van der Waals surface area contributed by atoms with Gasteiger partial charge in [0.25, 0.3) is 0 Å². The van der Waals surface area contributed by atoms with Crippen molar-refractivity contribution in [2.45, 2.75) is 0 Å². The van der Waals surface area contributed by atoms with Crippen molar-refractivity contribution in [2.24, 2.45) is 0 Å². The summed E-state index contributed by atoms with van der Waals surface area (Å²) in [5.41, 5.74) is 1.23. The van der Waals surface area contributed by atoms with Crippen molar-refractivity contribution >= 4 is 28.8 Å². The van der Waals surface area contributed by atoms with Crippen LogP contribution in [-0.2, 0) is 0 Å². The topological polar surface area (TPSA) is 45.8 Å². The molecular weight excluding hydrogens is 176 g/mol. The molecule has 60 valence electrons. The highest BCUT2D eigenvalue weighted by atomic mass is 35.5. The second-order valence-corrected chi connectivity index (χ2v) is 2.77. The van der Waals surface area contributed by atoms with E-state index < -0.39 is 0 Å². The van der Waals surface area contributed by atoms with E-state index in [-0.39, 0.29) is 0 Å². The van der Waals surface area contributed by atoms with Crippen molar-refractivity contribution in [1.82, 2.24) is 9.97 Å². The number of fused-ring (bicyclic) bond motifs is 1. The van der Waals surface area contributed by atoms with Crippen molar-refractivity contribution in [3.63, 3.8) is 0 Å². The highest BCUT2D eigenvalue weighted by Crippen LogP contribution is 2.24. The average Bonchev–Trinajstić information content (AvgIpc) is 2.44. The Bertz CT molecular complexity index is 436. The van der Waals surface area contributed by atoms with E-state index in [1.54, 1.807) is 18.5 Å². The molecule has 0 aromatic carbocycles. The fourth-order valence-electron chi connectivity index (χ4n) is 1.10. The molecule has 0 radical (unpaired) electrons. The number of H-pyrrole nitrogens is 1. The fourth-order valence-corrected chi connectivity index (χ4v) is 1.35. The first kappa shape index (κ1) is 7.31. The van der Waals surface area contributed by atoms with Gasteiger partial charge in [-0.1, -0.05) is 11.6 Å². The van der Waals surface area contributed by atoms with E-state index in [2.05, 4.69) is 9.97 Å². The number of nitrogens with one attached hydrogen (secondary N) is 1. The lowest BCUT2D eigenvalue weighted by atomic mass is 10.3. The van der Waals surface area contributed by atoms with Crippen molar-refractivity contribution in [2.75, 3.05) is 0 Å². The summed E-state index contributed by atoms with van der Waals surface area (Å²) in [6, 6.07) is 1.77. The van der Waals surface area contributed by atoms with E-state index >= 15 is 0 Å². The minimum absolute atomic E-state index is 0.402. The zero-order chi connectivity index (χ0) is 8.55. The Kier molecular flexibility index (Phi) is 1.59. The quantitative estimate of drug-likeness (QED) is 0.683. The van der Waals surface area contributed by atoms with Gasteiger partial charge in [0.1, 0.15) is 0 Å². The smallest absolute Gasteiger partial charge is 0.167 e. The van der Waals surface area contributed by atoms with E-state index in [1.165, 1.54) is 0 Å². The maximum absolute atomic E-state index is 10.5. The number of aldehydes is 1. The van der Waals surface area contributed by atoms with Crippen LogP contribution in [-0.4, -0.2) is 16.3 Å². The molecule has 12 heavy (non-hydrogen) atoms. The molecule has 4 heteroatoms. The maximum Gasteiger partial charge on any atom is 0.167 e. The molecule has 2 aromatic rings. The highest BCUT2D eigenvalue weighted by Gasteiger charge is 2.06. The van der Waals surface area contributed by atoms with Crippen LogP contribution in [0.15, 0.2) is 18.5 Å². The predicted molar refractivity (Wildman–Crippen MR) is 46.5 cm³/mol. The van der Waals surface area contributed by atoms with Gasteiger partial charge in [-0.3, -0.25) is 9.78 Å². The van der Waals surface area contributed by atoms with Gasteiger partial charge in [0.15, 0.2) is 6.29 Å². The molecule has 3 nitrogen and oxygen atoms in total. The van der Waals surface area contributed by atoms with Crippen molar-refractivity contribution in [3.05, 3.63) is 29.2 Å². The number of rotatable bonds is 1. The lowest BCUT2D eigenvalue weighted by Crippen LogP contribution is -1.76. The van der Waals surface area contributed by atoms with Crippen LogP contribution >= 0.6 is 11.6 Å². The summed E-state index contributed by atoms with van der Waals surface area (Å²) in [5.74, 6) is 0. The molecule has 0 bridgehead atoms. The number of hydrogen-bond donors (Lipinski definition) is 1. The van der Waals surface area contributed by atoms with Crippen LogP contribution in [0.1, 0.15) is 10.5 Å². The maximum atomic E-state index is 10.5. The third-order valence-electron chi connectivity index (χ3n) is 1.68. The van der Waals surface area contributed by atoms with Gasteiger partial charge in [0.2, 0.25) is 0 Å². The third kappa shape index (κ3) is 0.905. The van der Waals surface area contributed by atoms with Crippen LogP contribution in [0.25, 0.3) is 10.9 Å². The molecule has 0 amide bonds. The second-order valence-electron chi connectivity index (χ2n) is 2.39. The molecular formula is C8H5ClN2O. The van der Waals surface area contributed by atoms with Crippen LogP contribution in [0.2, 0.25) is 5.02 Å². The standard InChI is InChI=1S/C8H5ClN2O/c9-8-5-3-10-2-1-6(5)11-7(8)4-12/h1-4,11H. The molecule has 2 heterocycles. The molecule has 0 saturated carbocycles. The Morgan fingerprint density at radius 2 is 2.42 bits per heavy atom.